The molecule has 6 heteroatoms. The van der Waals surface area contributed by atoms with Crippen LogP contribution in [0, 0.1) is 0 Å². The van der Waals surface area contributed by atoms with Gasteiger partial charge in [0.25, 0.3) is 0 Å². The first-order chi connectivity index (χ1) is 25.1. The zero-order valence-corrected chi connectivity index (χ0v) is 32.1. The first-order valence-electron chi connectivity index (χ1n) is 18.2. The number of rotatable bonds is 10. The van der Waals surface area contributed by atoms with Gasteiger partial charge in [0.05, 0.1) is 0 Å². The van der Waals surface area contributed by atoms with Crippen molar-refractivity contribution in [2.75, 3.05) is 0 Å². The summed E-state index contributed by atoms with van der Waals surface area (Å²) in [7, 11) is 2.17. The first-order valence-corrected chi connectivity index (χ1v) is 21.5. The Morgan fingerprint density at radius 2 is 0.882 bits per heavy atom. The van der Waals surface area contributed by atoms with E-state index in [-0.39, 0.29) is 0 Å². The van der Waals surface area contributed by atoms with Gasteiger partial charge in [-0.05, 0) is 78.2 Å². The van der Waals surface area contributed by atoms with Gasteiger partial charge in [0.15, 0.2) is 0 Å². The van der Waals surface area contributed by atoms with Gasteiger partial charge in [0, 0.05) is 95.5 Å². The standard InChI is InChI=1S/C45H38N2S4/c1-3-4-5-6-7-12-21-47-36-16-11-9-14-31(36)33-23-29(18-20-37(33)47)39-25-41-43(49-39)27-45(51-41)44-26-42-40(50-44)24-38(48-42)28-17-19-35-32(22-28)30-13-8-10-15-34(30)46(35)2/h8-11,13-20,22-27H,3-7,12,21H2,1-2H3. The lowest BCUT2D eigenvalue weighted by Gasteiger charge is -2.08. The van der Waals surface area contributed by atoms with Crippen LogP contribution in [0.5, 0.6) is 0 Å². The molecule has 0 radical (unpaired) electrons. The fraction of sp³-hybridized carbons (Fsp3) is 0.200. The molecule has 0 amide bonds. The highest BCUT2D eigenvalue weighted by Gasteiger charge is 2.17. The maximum Gasteiger partial charge on any atom is 0.0491 e. The second-order valence-electron chi connectivity index (χ2n) is 13.9. The van der Waals surface area contributed by atoms with Gasteiger partial charge in [-0.15, -0.1) is 45.3 Å². The molecule has 0 saturated heterocycles. The molecule has 0 aliphatic rings. The molecule has 0 saturated carbocycles. The number of hydrogen-bond acceptors (Lipinski definition) is 4. The van der Waals surface area contributed by atoms with Crippen molar-refractivity contribution in [1.29, 1.82) is 0 Å². The highest BCUT2D eigenvalue weighted by Crippen LogP contribution is 2.47. The van der Waals surface area contributed by atoms with Crippen molar-refractivity contribution in [3.8, 4) is 30.6 Å². The molecule has 0 bridgehead atoms. The maximum absolute atomic E-state index is 2.56. The number of aryl methyl sites for hydroxylation is 2. The highest BCUT2D eigenvalue weighted by molar-refractivity contribution is 7.35. The van der Waals surface area contributed by atoms with Crippen LogP contribution in [0.1, 0.15) is 45.4 Å². The third-order valence-electron chi connectivity index (χ3n) is 10.6. The predicted octanol–water partition coefficient (Wildman–Crippen LogP) is 15.4. The number of fused-ring (bicyclic) bond motifs is 8. The van der Waals surface area contributed by atoms with E-state index in [9.17, 15) is 0 Å². The number of benzene rings is 4. The van der Waals surface area contributed by atoms with Crippen LogP contribution >= 0.6 is 45.3 Å². The Kier molecular flexibility index (Phi) is 7.90. The van der Waals surface area contributed by atoms with Crippen molar-refractivity contribution < 1.29 is 0 Å². The molecule has 6 heterocycles. The van der Waals surface area contributed by atoms with Crippen LogP contribution in [0.3, 0.4) is 0 Å². The van der Waals surface area contributed by atoms with E-state index in [2.05, 4.69) is 132 Å². The van der Waals surface area contributed by atoms with Crippen LogP contribution in [0.15, 0.2) is 109 Å². The fourth-order valence-electron chi connectivity index (χ4n) is 8.02. The summed E-state index contributed by atoms with van der Waals surface area (Å²) in [6.45, 7) is 3.38. The van der Waals surface area contributed by atoms with E-state index in [1.54, 1.807) is 0 Å². The van der Waals surface area contributed by atoms with Gasteiger partial charge < -0.3 is 9.13 Å². The lowest BCUT2D eigenvalue weighted by molar-refractivity contribution is 0.571. The largest absolute Gasteiger partial charge is 0.344 e. The molecule has 10 rings (SSSR count). The predicted molar refractivity (Wildman–Crippen MR) is 230 cm³/mol. The zero-order valence-electron chi connectivity index (χ0n) is 28.9. The van der Waals surface area contributed by atoms with Crippen LogP contribution in [-0.4, -0.2) is 9.13 Å². The molecule has 0 unspecified atom stereocenters. The van der Waals surface area contributed by atoms with E-state index in [4.69, 9.17) is 0 Å². The average molecular weight is 735 g/mol. The van der Waals surface area contributed by atoms with Gasteiger partial charge in [-0.3, -0.25) is 0 Å². The van der Waals surface area contributed by atoms with E-state index < -0.39 is 0 Å². The van der Waals surface area contributed by atoms with Crippen LogP contribution in [0.25, 0.3) is 93.0 Å². The molecule has 6 aromatic heterocycles. The summed E-state index contributed by atoms with van der Waals surface area (Å²) < 4.78 is 10.4. The van der Waals surface area contributed by atoms with E-state index in [0.717, 1.165) is 6.54 Å². The van der Waals surface area contributed by atoms with Crippen LogP contribution in [-0.2, 0) is 13.6 Å². The molecule has 0 atom stereocenters. The molecule has 51 heavy (non-hydrogen) atoms. The van der Waals surface area contributed by atoms with Crippen molar-refractivity contribution >= 4 is 108 Å². The van der Waals surface area contributed by atoms with E-state index in [1.807, 2.05) is 45.3 Å². The van der Waals surface area contributed by atoms with Crippen molar-refractivity contribution in [1.82, 2.24) is 9.13 Å². The molecule has 252 valence electrons. The summed E-state index contributed by atoms with van der Waals surface area (Å²) in [5, 5.41) is 5.40. The molecule has 0 spiro atoms. The van der Waals surface area contributed by atoms with Crippen LogP contribution in [0.2, 0.25) is 0 Å². The normalized spacial score (nSPS) is 12.3. The molecular formula is C45H38N2S4. The number of thiophene rings is 4. The molecule has 0 N–H and O–H groups in total. The number of unbranched alkanes of at least 4 members (excludes halogenated alkanes) is 5. The average Bonchev–Trinajstić information content (AvgIpc) is 4.00. The molecule has 0 aliphatic carbocycles. The molecule has 2 nitrogen and oxygen atoms in total. The summed E-state index contributed by atoms with van der Waals surface area (Å²) in [5.74, 6) is 0. The molecular weight excluding hydrogens is 697 g/mol. The first kappa shape index (κ1) is 31.5. The van der Waals surface area contributed by atoms with Crippen molar-refractivity contribution in [2.24, 2.45) is 7.05 Å². The topological polar surface area (TPSA) is 9.86 Å². The summed E-state index contributed by atoms with van der Waals surface area (Å²) in [5.41, 5.74) is 7.93. The van der Waals surface area contributed by atoms with E-state index in [0.29, 0.717) is 0 Å². The number of para-hydroxylation sites is 2. The molecule has 10 aromatic rings. The van der Waals surface area contributed by atoms with Crippen LogP contribution < -0.4 is 0 Å². The van der Waals surface area contributed by atoms with Crippen molar-refractivity contribution in [3.05, 3.63) is 109 Å². The Morgan fingerprint density at radius 1 is 0.431 bits per heavy atom. The minimum absolute atomic E-state index is 1.09. The van der Waals surface area contributed by atoms with Gasteiger partial charge >= 0.3 is 0 Å². The second kappa shape index (κ2) is 12.8. The van der Waals surface area contributed by atoms with Gasteiger partial charge in [-0.2, -0.15) is 0 Å². The van der Waals surface area contributed by atoms with Gasteiger partial charge in [0.1, 0.15) is 0 Å². The van der Waals surface area contributed by atoms with E-state index in [1.165, 1.54) is 132 Å². The highest BCUT2D eigenvalue weighted by atomic mass is 32.1. The van der Waals surface area contributed by atoms with Gasteiger partial charge in [-0.25, -0.2) is 0 Å². The maximum atomic E-state index is 2.56. The number of hydrogen-bond donors (Lipinski definition) is 0. The second-order valence-corrected chi connectivity index (χ2v) is 18.2. The summed E-state index contributed by atoms with van der Waals surface area (Å²) in [6.07, 6.45) is 7.94. The zero-order chi connectivity index (χ0) is 34.1. The smallest absolute Gasteiger partial charge is 0.0491 e. The lowest BCUT2D eigenvalue weighted by Crippen LogP contribution is -1.97. The Balaban J connectivity index is 0.917. The minimum atomic E-state index is 1.09. The Bertz CT molecular complexity index is 2820. The summed E-state index contributed by atoms with van der Waals surface area (Å²) >= 11 is 7.71. The third kappa shape index (κ3) is 5.38. The Labute approximate surface area is 313 Å². The number of nitrogens with zero attached hydrogens (tertiary/aromatic N) is 2. The van der Waals surface area contributed by atoms with Gasteiger partial charge in [-0.1, -0.05) is 87.6 Å². The van der Waals surface area contributed by atoms with Crippen molar-refractivity contribution in [2.45, 2.75) is 52.0 Å². The lowest BCUT2D eigenvalue weighted by atomic mass is 10.1. The summed E-state index contributed by atoms with van der Waals surface area (Å²) in [6, 6.07) is 41.5. The Hall–Kier alpha value is -4.20. The van der Waals surface area contributed by atoms with E-state index >= 15 is 0 Å². The Morgan fingerprint density at radius 3 is 1.53 bits per heavy atom. The summed E-state index contributed by atoms with van der Waals surface area (Å²) in [4.78, 5) is 5.46. The molecule has 0 fully saturated rings. The monoisotopic (exact) mass is 734 g/mol. The SMILES string of the molecule is CCCCCCCCn1c2ccccc2c2cc(-c3cc4sc(-c5cc6sc(-c7ccc8c(c7)c7ccccc7n8C)cc6s5)cc4s3)ccc21. The fourth-order valence-corrected chi connectivity index (χ4v) is 12.9. The molecule has 0 aliphatic heterocycles. The van der Waals surface area contributed by atoms with Crippen molar-refractivity contribution in [3.63, 3.8) is 0 Å². The third-order valence-corrected chi connectivity index (χ3v) is 15.5. The van der Waals surface area contributed by atoms with Crippen LogP contribution in [0.4, 0.5) is 0 Å². The quantitative estimate of drug-likeness (QED) is 0.124. The van der Waals surface area contributed by atoms with Gasteiger partial charge in [0.2, 0.25) is 0 Å². The molecule has 4 aromatic carbocycles. The minimum Gasteiger partial charge on any atom is -0.344 e. The number of aromatic nitrogens is 2.